The number of sulfonamides is 1. The summed E-state index contributed by atoms with van der Waals surface area (Å²) in [6.45, 7) is 0.853. The van der Waals surface area contributed by atoms with Gasteiger partial charge >= 0.3 is 0 Å². The lowest BCUT2D eigenvalue weighted by molar-refractivity contribution is 0.284. The Balaban J connectivity index is 2.29. The molecule has 0 radical (unpaired) electrons. The predicted molar refractivity (Wildman–Crippen MR) is 69.5 cm³/mol. The van der Waals surface area contributed by atoms with Crippen molar-refractivity contribution in [2.45, 2.75) is 17.9 Å². The van der Waals surface area contributed by atoms with Gasteiger partial charge in [-0.05, 0) is 30.9 Å². The van der Waals surface area contributed by atoms with Crippen LogP contribution in [0, 0.1) is 11.7 Å². The molecule has 100 valence electrons. The van der Waals surface area contributed by atoms with Gasteiger partial charge in [0.15, 0.2) is 5.82 Å². The van der Waals surface area contributed by atoms with Gasteiger partial charge in [0.25, 0.3) is 10.0 Å². The summed E-state index contributed by atoms with van der Waals surface area (Å²) in [5.41, 5.74) is 0. The molecule has 0 bridgehead atoms. The quantitative estimate of drug-likeness (QED) is 0.793. The van der Waals surface area contributed by atoms with Crippen molar-refractivity contribution in [2.24, 2.45) is 5.92 Å². The van der Waals surface area contributed by atoms with Crippen LogP contribution in [-0.2, 0) is 10.0 Å². The molecule has 1 unspecified atom stereocenters. The van der Waals surface area contributed by atoms with Crippen molar-refractivity contribution < 1.29 is 12.8 Å². The van der Waals surface area contributed by atoms with E-state index in [0.29, 0.717) is 13.1 Å². The molecular formula is C11H14BrFN2O2S. The van der Waals surface area contributed by atoms with Crippen molar-refractivity contribution in [3.8, 4) is 0 Å². The highest BCUT2D eigenvalue weighted by molar-refractivity contribution is 9.09. The minimum atomic E-state index is -3.81. The van der Waals surface area contributed by atoms with Crippen molar-refractivity contribution in [1.82, 2.24) is 9.29 Å². The summed E-state index contributed by atoms with van der Waals surface area (Å²) in [7, 11) is -3.81. The van der Waals surface area contributed by atoms with E-state index in [1.54, 1.807) is 0 Å². The number of alkyl halides is 1. The average molecular weight is 337 g/mol. The van der Waals surface area contributed by atoms with Gasteiger partial charge in [-0.1, -0.05) is 15.9 Å². The van der Waals surface area contributed by atoms with Crippen molar-refractivity contribution >= 4 is 26.0 Å². The first-order chi connectivity index (χ1) is 8.55. The summed E-state index contributed by atoms with van der Waals surface area (Å²) in [5.74, 6) is -0.515. The smallest absolute Gasteiger partial charge is 0.241 e. The van der Waals surface area contributed by atoms with Crippen LogP contribution in [0.4, 0.5) is 4.39 Å². The van der Waals surface area contributed by atoms with Gasteiger partial charge in [-0.15, -0.1) is 0 Å². The summed E-state index contributed by atoms with van der Waals surface area (Å²) < 4.78 is 39.4. The van der Waals surface area contributed by atoms with E-state index < -0.39 is 20.9 Å². The fourth-order valence-corrected chi connectivity index (χ4v) is 4.11. The lowest BCUT2D eigenvalue weighted by Crippen LogP contribution is -2.40. The fourth-order valence-electron chi connectivity index (χ4n) is 2.05. The van der Waals surface area contributed by atoms with Gasteiger partial charge in [-0.3, -0.25) is 0 Å². The molecule has 1 aliphatic heterocycles. The van der Waals surface area contributed by atoms with Crippen molar-refractivity contribution in [1.29, 1.82) is 0 Å². The van der Waals surface area contributed by atoms with Crippen LogP contribution >= 0.6 is 15.9 Å². The van der Waals surface area contributed by atoms with Crippen LogP contribution in [0.5, 0.6) is 0 Å². The fraction of sp³-hybridized carbons (Fsp3) is 0.545. The Morgan fingerprint density at radius 3 is 3.00 bits per heavy atom. The number of pyridine rings is 1. The number of aromatic nitrogens is 1. The van der Waals surface area contributed by atoms with E-state index in [0.717, 1.165) is 24.2 Å². The molecule has 2 heterocycles. The summed E-state index contributed by atoms with van der Waals surface area (Å²) in [5, 5.41) is 0.282. The van der Waals surface area contributed by atoms with Crippen LogP contribution in [0.2, 0.25) is 0 Å². The molecule has 0 N–H and O–H groups in total. The molecule has 4 nitrogen and oxygen atoms in total. The lowest BCUT2D eigenvalue weighted by Gasteiger charge is -2.30. The monoisotopic (exact) mass is 336 g/mol. The van der Waals surface area contributed by atoms with Crippen LogP contribution in [0.3, 0.4) is 0 Å². The highest BCUT2D eigenvalue weighted by Crippen LogP contribution is 2.24. The van der Waals surface area contributed by atoms with Crippen LogP contribution in [0.1, 0.15) is 12.8 Å². The Bertz CT molecular complexity index is 524. The normalized spacial score (nSPS) is 22.0. The van der Waals surface area contributed by atoms with Gasteiger partial charge in [0, 0.05) is 24.6 Å². The zero-order chi connectivity index (χ0) is 13.2. The van der Waals surface area contributed by atoms with Crippen LogP contribution in [0.15, 0.2) is 23.4 Å². The van der Waals surface area contributed by atoms with Crippen molar-refractivity contribution in [3.05, 3.63) is 24.1 Å². The summed E-state index contributed by atoms with van der Waals surface area (Å²) in [6.07, 6.45) is 3.08. The third-order valence-corrected chi connectivity index (χ3v) is 5.73. The number of halogens is 2. The molecule has 1 aliphatic rings. The van der Waals surface area contributed by atoms with Crippen LogP contribution in [0.25, 0.3) is 0 Å². The van der Waals surface area contributed by atoms with Gasteiger partial charge in [-0.2, -0.15) is 4.31 Å². The number of rotatable bonds is 3. The molecule has 1 fully saturated rings. The van der Waals surface area contributed by atoms with Gasteiger partial charge < -0.3 is 0 Å². The van der Waals surface area contributed by atoms with E-state index in [9.17, 15) is 12.8 Å². The highest BCUT2D eigenvalue weighted by atomic mass is 79.9. The summed E-state index contributed by atoms with van der Waals surface area (Å²) in [4.78, 5) is 3.66. The first-order valence-electron chi connectivity index (χ1n) is 5.72. The van der Waals surface area contributed by atoms with Gasteiger partial charge in [0.1, 0.15) is 0 Å². The maximum Gasteiger partial charge on any atom is 0.263 e. The average Bonchev–Trinajstić information content (AvgIpc) is 2.39. The SMILES string of the molecule is O=S(=O)(c1ncccc1F)N1CCCC(CBr)C1. The summed E-state index contributed by atoms with van der Waals surface area (Å²) in [6, 6.07) is 2.50. The zero-order valence-corrected chi connectivity index (χ0v) is 12.1. The second-order valence-electron chi connectivity index (χ2n) is 4.32. The first kappa shape index (κ1) is 13.9. The third kappa shape index (κ3) is 2.73. The standard InChI is InChI=1S/C11H14BrFN2O2S/c12-7-9-3-2-6-15(8-9)18(16,17)11-10(13)4-1-5-14-11/h1,4-5,9H,2-3,6-8H2. The van der Waals surface area contributed by atoms with Gasteiger partial charge in [0.05, 0.1) is 0 Å². The molecule has 1 atom stereocenters. The van der Waals surface area contributed by atoms with E-state index >= 15 is 0 Å². The van der Waals surface area contributed by atoms with E-state index in [1.807, 2.05) is 0 Å². The van der Waals surface area contributed by atoms with Gasteiger partial charge in [0.2, 0.25) is 5.03 Å². The Morgan fingerprint density at radius 1 is 1.56 bits per heavy atom. The Morgan fingerprint density at radius 2 is 2.33 bits per heavy atom. The molecule has 1 aromatic heterocycles. The number of hydrogen-bond donors (Lipinski definition) is 0. The van der Waals surface area contributed by atoms with Crippen molar-refractivity contribution in [2.75, 3.05) is 18.4 Å². The number of nitrogens with zero attached hydrogens (tertiary/aromatic N) is 2. The third-order valence-electron chi connectivity index (χ3n) is 3.01. The Hall–Kier alpha value is -0.530. The molecule has 1 saturated heterocycles. The lowest BCUT2D eigenvalue weighted by atomic mass is 10.0. The van der Waals surface area contributed by atoms with E-state index in [4.69, 9.17) is 0 Å². The van der Waals surface area contributed by atoms with E-state index in [1.165, 1.54) is 16.6 Å². The topological polar surface area (TPSA) is 50.3 Å². The summed E-state index contributed by atoms with van der Waals surface area (Å²) >= 11 is 3.36. The minimum absolute atomic E-state index is 0.278. The molecule has 0 amide bonds. The number of piperidine rings is 1. The molecule has 0 aromatic carbocycles. The molecule has 0 spiro atoms. The molecule has 1 aromatic rings. The molecule has 18 heavy (non-hydrogen) atoms. The maximum absolute atomic E-state index is 13.5. The second-order valence-corrected chi connectivity index (χ2v) is 6.82. The first-order valence-corrected chi connectivity index (χ1v) is 8.28. The molecule has 0 aliphatic carbocycles. The van der Waals surface area contributed by atoms with Crippen molar-refractivity contribution in [3.63, 3.8) is 0 Å². The van der Waals surface area contributed by atoms with Crippen LogP contribution < -0.4 is 0 Å². The minimum Gasteiger partial charge on any atom is -0.241 e. The van der Waals surface area contributed by atoms with E-state index in [-0.39, 0.29) is 5.92 Å². The molecule has 7 heteroatoms. The second kappa shape index (κ2) is 5.63. The maximum atomic E-state index is 13.5. The zero-order valence-electron chi connectivity index (χ0n) is 9.72. The Kier molecular flexibility index (Phi) is 4.34. The Labute approximate surface area is 114 Å². The number of hydrogen-bond acceptors (Lipinski definition) is 3. The molecule has 2 rings (SSSR count). The highest BCUT2D eigenvalue weighted by Gasteiger charge is 2.32. The van der Waals surface area contributed by atoms with Crippen LogP contribution in [-0.4, -0.2) is 36.1 Å². The largest absolute Gasteiger partial charge is 0.263 e. The molecular weight excluding hydrogens is 323 g/mol. The molecule has 0 saturated carbocycles. The van der Waals surface area contributed by atoms with E-state index in [2.05, 4.69) is 20.9 Å². The predicted octanol–water partition coefficient (Wildman–Crippen LogP) is 2.02. The van der Waals surface area contributed by atoms with Gasteiger partial charge in [-0.25, -0.2) is 17.8 Å².